The molecule has 3 unspecified atom stereocenters. The van der Waals surface area contributed by atoms with Crippen molar-refractivity contribution >= 4 is 17.7 Å². The third-order valence-corrected chi connectivity index (χ3v) is 4.69. The van der Waals surface area contributed by atoms with Crippen molar-refractivity contribution < 1.29 is 9.90 Å². The summed E-state index contributed by atoms with van der Waals surface area (Å²) in [5, 5.41) is 13.2. The number of benzene rings is 1. The van der Waals surface area contributed by atoms with Gasteiger partial charge in [0, 0.05) is 11.3 Å². The van der Waals surface area contributed by atoms with Crippen molar-refractivity contribution in [1.82, 2.24) is 5.32 Å². The molecule has 1 aliphatic rings. The maximum Gasteiger partial charge on any atom is 0.325 e. The maximum atomic E-state index is 11.4. The standard InChI is InChI=1S/C14H19NO2S/c1-18-12-9-5-8-11(12)15-13(14(16)17)10-6-3-2-4-7-10/h2-4,6-7,11-13,15H,5,8-9H2,1H3,(H,16,17). The van der Waals surface area contributed by atoms with Gasteiger partial charge < -0.3 is 5.11 Å². The molecule has 0 radical (unpaired) electrons. The Morgan fingerprint density at radius 2 is 2.11 bits per heavy atom. The molecule has 0 heterocycles. The van der Waals surface area contributed by atoms with Gasteiger partial charge >= 0.3 is 5.97 Å². The Balaban J connectivity index is 2.10. The van der Waals surface area contributed by atoms with E-state index in [1.807, 2.05) is 42.1 Å². The van der Waals surface area contributed by atoms with Crippen molar-refractivity contribution in [3.63, 3.8) is 0 Å². The SMILES string of the molecule is CSC1CCCC1NC(C(=O)O)c1ccccc1. The third kappa shape index (κ3) is 3.06. The minimum absolute atomic E-state index is 0.307. The van der Waals surface area contributed by atoms with Crippen molar-refractivity contribution in [2.24, 2.45) is 0 Å². The fourth-order valence-electron chi connectivity index (χ4n) is 2.57. The largest absolute Gasteiger partial charge is 0.480 e. The van der Waals surface area contributed by atoms with Gasteiger partial charge in [-0.1, -0.05) is 36.8 Å². The normalized spacial score (nSPS) is 24.9. The highest BCUT2D eigenvalue weighted by Gasteiger charge is 2.31. The van der Waals surface area contributed by atoms with Crippen LogP contribution in [-0.4, -0.2) is 28.6 Å². The fourth-order valence-corrected chi connectivity index (χ4v) is 3.51. The molecule has 1 aliphatic carbocycles. The second-order valence-electron chi connectivity index (χ2n) is 4.66. The molecule has 2 N–H and O–H groups in total. The Morgan fingerprint density at radius 1 is 1.39 bits per heavy atom. The summed E-state index contributed by atoms with van der Waals surface area (Å²) >= 11 is 1.83. The fraction of sp³-hybridized carbons (Fsp3) is 0.500. The molecule has 0 amide bonds. The van der Waals surface area contributed by atoms with Gasteiger partial charge in [-0.15, -0.1) is 0 Å². The first-order valence-corrected chi connectivity index (χ1v) is 7.57. The molecule has 1 fully saturated rings. The van der Waals surface area contributed by atoms with Gasteiger partial charge in [0.15, 0.2) is 0 Å². The molecule has 0 aliphatic heterocycles. The molecule has 0 aromatic heterocycles. The zero-order chi connectivity index (χ0) is 13.0. The number of carbonyl (C=O) groups is 1. The van der Waals surface area contributed by atoms with Crippen LogP contribution in [0, 0.1) is 0 Å². The Kier molecular flexibility index (Phi) is 4.66. The first kappa shape index (κ1) is 13.4. The van der Waals surface area contributed by atoms with E-state index in [1.54, 1.807) is 0 Å². The molecule has 1 saturated carbocycles. The Bertz CT molecular complexity index is 396. The van der Waals surface area contributed by atoms with Crippen LogP contribution >= 0.6 is 11.8 Å². The van der Waals surface area contributed by atoms with Crippen LogP contribution in [-0.2, 0) is 4.79 Å². The number of nitrogens with one attached hydrogen (secondary N) is 1. The number of aliphatic carboxylic acids is 1. The van der Waals surface area contributed by atoms with E-state index in [-0.39, 0.29) is 0 Å². The molecule has 98 valence electrons. The van der Waals surface area contributed by atoms with Crippen LogP contribution < -0.4 is 5.32 Å². The van der Waals surface area contributed by atoms with Gasteiger partial charge in [0.25, 0.3) is 0 Å². The van der Waals surface area contributed by atoms with Gasteiger partial charge in [0.05, 0.1) is 0 Å². The van der Waals surface area contributed by atoms with Crippen LogP contribution in [0.25, 0.3) is 0 Å². The lowest BCUT2D eigenvalue weighted by Gasteiger charge is -2.24. The molecule has 0 bridgehead atoms. The lowest BCUT2D eigenvalue weighted by atomic mass is 10.1. The molecule has 4 heteroatoms. The Labute approximate surface area is 112 Å². The number of hydrogen-bond acceptors (Lipinski definition) is 3. The lowest BCUT2D eigenvalue weighted by Crippen LogP contribution is -2.40. The molecule has 18 heavy (non-hydrogen) atoms. The zero-order valence-corrected chi connectivity index (χ0v) is 11.3. The predicted octanol–water partition coefficient (Wildman–Crippen LogP) is 2.69. The summed E-state index contributed by atoms with van der Waals surface area (Å²) in [4.78, 5) is 11.4. The monoisotopic (exact) mass is 265 g/mol. The van der Waals surface area contributed by atoms with Gasteiger partial charge in [-0.25, -0.2) is 0 Å². The van der Waals surface area contributed by atoms with Crippen molar-refractivity contribution in [3.05, 3.63) is 35.9 Å². The summed E-state index contributed by atoms with van der Waals surface area (Å²) in [6.07, 6.45) is 5.54. The highest BCUT2D eigenvalue weighted by atomic mass is 32.2. The highest BCUT2D eigenvalue weighted by Crippen LogP contribution is 2.30. The third-order valence-electron chi connectivity index (χ3n) is 3.52. The maximum absolute atomic E-state index is 11.4. The van der Waals surface area contributed by atoms with E-state index < -0.39 is 12.0 Å². The second kappa shape index (κ2) is 6.25. The lowest BCUT2D eigenvalue weighted by molar-refractivity contribution is -0.139. The average molecular weight is 265 g/mol. The second-order valence-corrected chi connectivity index (χ2v) is 5.74. The van der Waals surface area contributed by atoms with Crippen LogP contribution in [0.2, 0.25) is 0 Å². The van der Waals surface area contributed by atoms with Crippen molar-refractivity contribution in [3.8, 4) is 0 Å². The minimum Gasteiger partial charge on any atom is -0.480 e. The van der Waals surface area contributed by atoms with Gasteiger partial charge in [-0.3, -0.25) is 10.1 Å². The molecule has 2 rings (SSSR count). The van der Waals surface area contributed by atoms with Crippen molar-refractivity contribution in [2.45, 2.75) is 36.6 Å². The van der Waals surface area contributed by atoms with E-state index in [9.17, 15) is 9.90 Å². The summed E-state index contributed by atoms with van der Waals surface area (Å²) in [6, 6.07) is 9.12. The van der Waals surface area contributed by atoms with E-state index in [2.05, 4.69) is 11.6 Å². The van der Waals surface area contributed by atoms with Gasteiger partial charge in [0.2, 0.25) is 0 Å². The Hall–Kier alpha value is -1.00. The molecule has 3 atom stereocenters. The molecule has 0 spiro atoms. The smallest absolute Gasteiger partial charge is 0.325 e. The number of hydrogen-bond donors (Lipinski definition) is 2. The van der Waals surface area contributed by atoms with Crippen LogP contribution in [0.3, 0.4) is 0 Å². The molecule has 0 saturated heterocycles. The van der Waals surface area contributed by atoms with Crippen LogP contribution in [0.4, 0.5) is 0 Å². The van der Waals surface area contributed by atoms with E-state index >= 15 is 0 Å². The van der Waals surface area contributed by atoms with Gasteiger partial charge in [-0.05, 0) is 24.7 Å². The van der Waals surface area contributed by atoms with Crippen LogP contribution in [0.5, 0.6) is 0 Å². The molecule has 3 nitrogen and oxygen atoms in total. The van der Waals surface area contributed by atoms with Gasteiger partial charge in [-0.2, -0.15) is 11.8 Å². The summed E-state index contributed by atoms with van der Waals surface area (Å²) in [6.45, 7) is 0. The van der Waals surface area contributed by atoms with Crippen molar-refractivity contribution in [1.29, 1.82) is 0 Å². The Morgan fingerprint density at radius 3 is 2.72 bits per heavy atom. The first-order valence-electron chi connectivity index (χ1n) is 6.29. The van der Waals surface area contributed by atoms with E-state index in [4.69, 9.17) is 0 Å². The number of carboxylic acids is 1. The highest BCUT2D eigenvalue weighted by molar-refractivity contribution is 7.99. The molecule has 1 aromatic carbocycles. The summed E-state index contributed by atoms with van der Waals surface area (Å²) in [5.74, 6) is -0.798. The first-order chi connectivity index (χ1) is 8.72. The van der Waals surface area contributed by atoms with E-state index in [1.165, 1.54) is 12.8 Å². The topological polar surface area (TPSA) is 49.3 Å². The van der Waals surface area contributed by atoms with Crippen LogP contribution in [0.1, 0.15) is 30.9 Å². The van der Waals surface area contributed by atoms with E-state index in [0.29, 0.717) is 11.3 Å². The van der Waals surface area contributed by atoms with E-state index in [0.717, 1.165) is 12.0 Å². The molecular weight excluding hydrogens is 246 g/mol. The molecular formula is C14H19NO2S. The quantitative estimate of drug-likeness (QED) is 0.859. The van der Waals surface area contributed by atoms with Gasteiger partial charge in [0.1, 0.15) is 6.04 Å². The average Bonchev–Trinajstić information content (AvgIpc) is 2.83. The summed E-state index contributed by atoms with van der Waals surface area (Å²) in [7, 11) is 0. The number of carboxylic acid groups (broad SMARTS) is 1. The summed E-state index contributed by atoms with van der Waals surface area (Å²) in [5.41, 5.74) is 0.830. The molecule has 1 aromatic rings. The number of rotatable bonds is 5. The van der Waals surface area contributed by atoms with Crippen LogP contribution in [0.15, 0.2) is 30.3 Å². The number of thioether (sulfide) groups is 1. The minimum atomic E-state index is -0.798. The summed E-state index contributed by atoms with van der Waals surface area (Å²) < 4.78 is 0. The zero-order valence-electron chi connectivity index (χ0n) is 10.5. The predicted molar refractivity (Wildman–Crippen MR) is 74.9 cm³/mol. The van der Waals surface area contributed by atoms with Crippen molar-refractivity contribution in [2.75, 3.05) is 6.26 Å².